The van der Waals surface area contributed by atoms with E-state index in [1.165, 1.54) is 6.92 Å². The Labute approximate surface area is 82.9 Å². The van der Waals surface area contributed by atoms with E-state index >= 15 is 0 Å². The van der Waals surface area contributed by atoms with Crippen LogP contribution in [0.1, 0.15) is 32.6 Å². The van der Waals surface area contributed by atoms with E-state index < -0.39 is 12.0 Å². The van der Waals surface area contributed by atoms with Crippen LogP contribution in [0.2, 0.25) is 0 Å². The molecule has 80 valence electrons. The van der Waals surface area contributed by atoms with Gasteiger partial charge < -0.3 is 15.7 Å². The smallest absolute Gasteiger partial charge is 0.325 e. The minimum Gasteiger partial charge on any atom is -0.480 e. The Morgan fingerprint density at radius 3 is 2.43 bits per heavy atom. The van der Waals surface area contributed by atoms with E-state index in [4.69, 9.17) is 5.11 Å². The Kier molecular flexibility index (Phi) is 3.73. The third-order valence-electron chi connectivity index (χ3n) is 2.41. The van der Waals surface area contributed by atoms with E-state index in [1.54, 1.807) is 0 Å². The van der Waals surface area contributed by atoms with Crippen LogP contribution in [0.25, 0.3) is 0 Å². The van der Waals surface area contributed by atoms with Crippen molar-refractivity contribution in [3.63, 3.8) is 0 Å². The molecule has 5 nitrogen and oxygen atoms in total. The van der Waals surface area contributed by atoms with Gasteiger partial charge in [0.15, 0.2) is 0 Å². The fraction of sp³-hybridized carbons (Fsp3) is 0.778. The number of amides is 2. The van der Waals surface area contributed by atoms with E-state index in [-0.39, 0.29) is 12.1 Å². The fourth-order valence-electron chi connectivity index (χ4n) is 1.56. The molecule has 0 aliphatic heterocycles. The molecule has 0 radical (unpaired) electrons. The van der Waals surface area contributed by atoms with Gasteiger partial charge in [-0.15, -0.1) is 0 Å². The van der Waals surface area contributed by atoms with Gasteiger partial charge in [0.25, 0.3) is 0 Å². The number of rotatable bonds is 3. The Bertz CT molecular complexity index is 224. The zero-order chi connectivity index (χ0) is 10.6. The standard InChI is InChI=1S/C9H16N2O3/c1-6(8(12)13)10-9(14)11-7-4-2-3-5-7/h6-7H,2-5H2,1H3,(H,12,13)(H2,10,11,14)/t6-/m0/s1. The summed E-state index contributed by atoms with van der Waals surface area (Å²) in [5, 5.41) is 13.7. The highest BCUT2D eigenvalue weighted by Crippen LogP contribution is 2.17. The van der Waals surface area contributed by atoms with Gasteiger partial charge in [0, 0.05) is 6.04 Å². The largest absolute Gasteiger partial charge is 0.480 e. The van der Waals surface area contributed by atoms with Crippen LogP contribution >= 0.6 is 0 Å². The highest BCUT2D eigenvalue weighted by atomic mass is 16.4. The van der Waals surface area contributed by atoms with Crippen LogP contribution in [0.5, 0.6) is 0 Å². The third-order valence-corrected chi connectivity index (χ3v) is 2.41. The van der Waals surface area contributed by atoms with Crippen LogP contribution in [0.15, 0.2) is 0 Å². The zero-order valence-electron chi connectivity index (χ0n) is 8.25. The molecule has 1 atom stereocenters. The number of hydrogen-bond donors (Lipinski definition) is 3. The average molecular weight is 200 g/mol. The van der Waals surface area contributed by atoms with E-state index in [0.29, 0.717) is 0 Å². The number of nitrogens with one attached hydrogen (secondary N) is 2. The average Bonchev–Trinajstić information content (AvgIpc) is 2.56. The predicted molar refractivity (Wildman–Crippen MR) is 51.0 cm³/mol. The summed E-state index contributed by atoms with van der Waals surface area (Å²) >= 11 is 0. The molecule has 0 aromatic carbocycles. The number of carbonyl (C=O) groups is 2. The molecule has 1 saturated carbocycles. The molecule has 1 aliphatic rings. The van der Waals surface area contributed by atoms with Crippen molar-refractivity contribution in [2.75, 3.05) is 0 Å². The van der Waals surface area contributed by atoms with Gasteiger partial charge in [-0.25, -0.2) is 4.79 Å². The van der Waals surface area contributed by atoms with Gasteiger partial charge in [-0.05, 0) is 19.8 Å². The molecule has 1 fully saturated rings. The maximum Gasteiger partial charge on any atom is 0.325 e. The molecule has 1 rings (SSSR count). The molecule has 0 aromatic rings. The van der Waals surface area contributed by atoms with Crippen molar-refractivity contribution in [1.29, 1.82) is 0 Å². The lowest BCUT2D eigenvalue weighted by Crippen LogP contribution is -2.47. The lowest BCUT2D eigenvalue weighted by Gasteiger charge is -2.14. The van der Waals surface area contributed by atoms with Crippen molar-refractivity contribution >= 4 is 12.0 Å². The monoisotopic (exact) mass is 200 g/mol. The zero-order valence-corrected chi connectivity index (χ0v) is 8.25. The molecular weight excluding hydrogens is 184 g/mol. The lowest BCUT2D eigenvalue weighted by molar-refractivity contribution is -0.138. The van der Waals surface area contributed by atoms with Gasteiger partial charge in [0.05, 0.1) is 0 Å². The van der Waals surface area contributed by atoms with E-state index in [9.17, 15) is 9.59 Å². The van der Waals surface area contributed by atoms with Crippen molar-refractivity contribution in [2.45, 2.75) is 44.7 Å². The Balaban J connectivity index is 2.24. The van der Waals surface area contributed by atoms with Crippen LogP contribution < -0.4 is 10.6 Å². The molecule has 5 heteroatoms. The second kappa shape index (κ2) is 4.83. The van der Waals surface area contributed by atoms with Crippen molar-refractivity contribution in [3.8, 4) is 0 Å². The number of carboxylic acids is 1. The summed E-state index contributed by atoms with van der Waals surface area (Å²) in [4.78, 5) is 21.7. The second-order valence-electron chi connectivity index (χ2n) is 3.66. The molecule has 14 heavy (non-hydrogen) atoms. The predicted octanol–water partition coefficient (Wildman–Crippen LogP) is 0.701. The number of urea groups is 1. The summed E-state index contributed by atoms with van der Waals surface area (Å²) in [6.07, 6.45) is 4.27. The summed E-state index contributed by atoms with van der Waals surface area (Å²) < 4.78 is 0. The molecule has 3 N–H and O–H groups in total. The summed E-state index contributed by atoms with van der Waals surface area (Å²) in [6.45, 7) is 1.44. The van der Waals surface area contributed by atoms with Gasteiger partial charge in [-0.1, -0.05) is 12.8 Å². The molecule has 0 unspecified atom stereocenters. The topological polar surface area (TPSA) is 78.4 Å². The highest BCUT2D eigenvalue weighted by molar-refractivity contribution is 5.82. The van der Waals surface area contributed by atoms with Gasteiger partial charge in [0.2, 0.25) is 0 Å². The van der Waals surface area contributed by atoms with E-state index in [0.717, 1.165) is 25.7 Å². The summed E-state index contributed by atoms with van der Waals surface area (Å²) in [5.41, 5.74) is 0. The van der Waals surface area contributed by atoms with Crippen LogP contribution in [-0.2, 0) is 4.79 Å². The summed E-state index contributed by atoms with van der Waals surface area (Å²) in [5.74, 6) is -1.02. The van der Waals surface area contributed by atoms with Crippen molar-refractivity contribution in [3.05, 3.63) is 0 Å². The molecule has 1 aliphatic carbocycles. The van der Waals surface area contributed by atoms with E-state index in [1.807, 2.05) is 0 Å². The second-order valence-corrected chi connectivity index (χ2v) is 3.66. The quantitative estimate of drug-likeness (QED) is 0.627. The van der Waals surface area contributed by atoms with Gasteiger partial charge in [0.1, 0.15) is 6.04 Å². The molecule has 2 amide bonds. The molecule has 0 bridgehead atoms. The summed E-state index contributed by atoms with van der Waals surface area (Å²) in [7, 11) is 0. The van der Waals surface area contributed by atoms with Crippen LogP contribution in [0.3, 0.4) is 0 Å². The first-order valence-corrected chi connectivity index (χ1v) is 4.89. The van der Waals surface area contributed by atoms with Crippen LogP contribution in [-0.4, -0.2) is 29.2 Å². The molecule has 0 heterocycles. The Morgan fingerprint density at radius 1 is 1.36 bits per heavy atom. The number of aliphatic carboxylic acids is 1. The minimum absolute atomic E-state index is 0.219. The highest BCUT2D eigenvalue weighted by Gasteiger charge is 2.19. The van der Waals surface area contributed by atoms with Crippen molar-refractivity contribution in [2.24, 2.45) is 0 Å². The van der Waals surface area contributed by atoms with Crippen LogP contribution in [0.4, 0.5) is 4.79 Å². The fourth-order valence-corrected chi connectivity index (χ4v) is 1.56. The Hall–Kier alpha value is -1.26. The minimum atomic E-state index is -1.02. The molecular formula is C9H16N2O3. The Morgan fingerprint density at radius 2 is 1.93 bits per heavy atom. The van der Waals surface area contributed by atoms with Crippen molar-refractivity contribution < 1.29 is 14.7 Å². The first kappa shape index (κ1) is 10.8. The first-order chi connectivity index (χ1) is 6.59. The number of carbonyl (C=O) groups excluding carboxylic acids is 1. The van der Waals surface area contributed by atoms with Crippen molar-refractivity contribution in [1.82, 2.24) is 10.6 Å². The number of carboxylic acid groups (broad SMARTS) is 1. The maximum atomic E-state index is 11.2. The molecule has 0 saturated heterocycles. The molecule has 0 spiro atoms. The normalized spacial score (nSPS) is 18.9. The molecule has 0 aromatic heterocycles. The summed E-state index contributed by atoms with van der Waals surface area (Å²) in [6, 6.07) is -1.00. The van der Waals surface area contributed by atoms with Gasteiger partial charge in [-0.2, -0.15) is 0 Å². The first-order valence-electron chi connectivity index (χ1n) is 4.89. The van der Waals surface area contributed by atoms with E-state index in [2.05, 4.69) is 10.6 Å². The third kappa shape index (κ3) is 3.24. The maximum absolute atomic E-state index is 11.2. The van der Waals surface area contributed by atoms with Gasteiger partial charge >= 0.3 is 12.0 Å². The van der Waals surface area contributed by atoms with Crippen LogP contribution in [0, 0.1) is 0 Å². The number of hydrogen-bond acceptors (Lipinski definition) is 2. The lowest BCUT2D eigenvalue weighted by atomic mass is 10.2. The SMILES string of the molecule is C[C@H](NC(=O)NC1CCCC1)C(=O)O. The van der Waals surface area contributed by atoms with Gasteiger partial charge in [-0.3, -0.25) is 4.79 Å².